The average Bonchev–Trinajstić information content (AvgIpc) is 3.30. The van der Waals surface area contributed by atoms with Crippen molar-refractivity contribution >= 4 is 10.0 Å². The Labute approximate surface area is 152 Å². The van der Waals surface area contributed by atoms with Crippen LogP contribution >= 0.6 is 0 Å². The van der Waals surface area contributed by atoms with E-state index in [1.807, 2.05) is 36.5 Å². The molecule has 0 aliphatic carbocycles. The first-order valence-corrected chi connectivity index (χ1v) is 10.1. The van der Waals surface area contributed by atoms with E-state index in [0.717, 1.165) is 30.8 Å². The summed E-state index contributed by atoms with van der Waals surface area (Å²) < 4.78 is 31.6. The number of nitrogens with zero attached hydrogens (tertiary/aromatic N) is 4. The molecule has 136 valence electrons. The van der Waals surface area contributed by atoms with Crippen LogP contribution in [0.25, 0.3) is 0 Å². The van der Waals surface area contributed by atoms with E-state index < -0.39 is 10.0 Å². The maximum atomic E-state index is 12.6. The number of benzene rings is 1. The molecule has 0 radical (unpaired) electrons. The van der Waals surface area contributed by atoms with Crippen molar-refractivity contribution in [2.45, 2.75) is 30.8 Å². The number of fused-ring (bicyclic) bond motifs is 1. The second-order valence-corrected chi connectivity index (χ2v) is 8.38. The Morgan fingerprint density at radius 1 is 1.23 bits per heavy atom. The summed E-state index contributed by atoms with van der Waals surface area (Å²) >= 11 is 0. The van der Waals surface area contributed by atoms with Crippen LogP contribution in [0.2, 0.25) is 0 Å². The van der Waals surface area contributed by atoms with Crippen LogP contribution in [0.5, 0.6) is 0 Å². The molecular weight excluding hydrogens is 350 g/mol. The molecular formula is C18H21N5O2S. The maximum absolute atomic E-state index is 12.6. The van der Waals surface area contributed by atoms with Crippen LogP contribution < -0.4 is 4.72 Å². The quantitative estimate of drug-likeness (QED) is 0.715. The van der Waals surface area contributed by atoms with Crippen molar-refractivity contribution in [2.75, 3.05) is 6.54 Å². The minimum absolute atomic E-state index is 0.201. The number of imidazole rings is 1. The van der Waals surface area contributed by atoms with E-state index in [2.05, 4.69) is 19.4 Å². The van der Waals surface area contributed by atoms with Crippen molar-refractivity contribution in [3.8, 4) is 0 Å². The molecule has 0 saturated carbocycles. The first kappa shape index (κ1) is 17.0. The number of aromatic nitrogens is 4. The number of hydrogen-bond donors (Lipinski definition) is 1. The molecule has 0 spiro atoms. The lowest BCUT2D eigenvalue weighted by molar-refractivity contribution is 0.363. The number of hydrogen-bond acceptors (Lipinski definition) is 4. The second-order valence-electron chi connectivity index (χ2n) is 6.61. The SMILES string of the molecule is O=S(=O)(NC[C@@H]1CCc2nccn2C1)c1cnn(Cc2ccccc2)c1. The van der Waals surface area contributed by atoms with Crippen LogP contribution in [-0.4, -0.2) is 34.3 Å². The smallest absolute Gasteiger partial charge is 0.243 e. The van der Waals surface area contributed by atoms with Crippen molar-refractivity contribution in [1.29, 1.82) is 0 Å². The molecule has 7 nitrogen and oxygen atoms in total. The third kappa shape index (κ3) is 3.71. The summed E-state index contributed by atoms with van der Waals surface area (Å²) in [6.07, 6.45) is 8.54. The molecule has 8 heteroatoms. The van der Waals surface area contributed by atoms with Gasteiger partial charge in [-0.15, -0.1) is 0 Å². The number of rotatable bonds is 6. The summed E-state index contributed by atoms with van der Waals surface area (Å²) in [5.74, 6) is 1.34. The summed E-state index contributed by atoms with van der Waals surface area (Å²) in [5.41, 5.74) is 1.07. The van der Waals surface area contributed by atoms with Crippen LogP contribution in [0.1, 0.15) is 17.8 Å². The zero-order valence-corrected chi connectivity index (χ0v) is 15.1. The summed E-state index contributed by atoms with van der Waals surface area (Å²) in [4.78, 5) is 4.50. The predicted octanol–water partition coefficient (Wildman–Crippen LogP) is 1.67. The third-order valence-electron chi connectivity index (χ3n) is 4.70. The minimum Gasteiger partial charge on any atom is -0.335 e. The molecule has 0 unspecified atom stereocenters. The number of sulfonamides is 1. The predicted molar refractivity (Wildman–Crippen MR) is 97.0 cm³/mol. The fourth-order valence-electron chi connectivity index (χ4n) is 3.25. The van der Waals surface area contributed by atoms with Gasteiger partial charge in [0.05, 0.1) is 12.7 Å². The average molecular weight is 371 g/mol. The molecule has 1 atom stereocenters. The lowest BCUT2D eigenvalue weighted by Crippen LogP contribution is -2.33. The maximum Gasteiger partial charge on any atom is 0.243 e. The number of nitrogens with one attached hydrogen (secondary N) is 1. The molecule has 0 amide bonds. The Bertz CT molecular complexity index is 978. The van der Waals surface area contributed by atoms with E-state index in [9.17, 15) is 8.42 Å². The van der Waals surface area contributed by atoms with Crippen molar-refractivity contribution in [1.82, 2.24) is 24.1 Å². The van der Waals surface area contributed by atoms with Crippen LogP contribution in [-0.2, 0) is 29.5 Å². The van der Waals surface area contributed by atoms with Gasteiger partial charge in [-0.3, -0.25) is 4.68 Å². The highest BCUT2D eigenvalue weighted by Gasteiger charge is 2.22. The monoisotopic (exact) mass is 371 g/mol. The Morgan fingerprint density at radius 3 is 2.92 bits per heavy atom. The van der Waals surface area contributed by atoms with Gasteiger partial charge in [-0.25, -0.2) is 18.1 Å². The van der Waals surface area contributed by atoms with Gasteiger partial charge in [0, 0.05) is 38.1 Å². The van der Waals surface area contributed by atoms with Crippen LogP contribution in [0.15, 0.2) is 60.0 Å². The lowest BCUT2D eigenvalue weighted by Gasteiger charge is -2.23. The van der Waals surface area contributed by atoms with Crippen molar-refractivity contribution in [3.05, 3.63) is 66.5 Å². The van der Waals surface area contributed by atoms with E-state index in [-0.39, 0.29) is 10.8 Å². The second kappa shape index (κ2) is 7.05. The lowest BCUT2D eigenvalue weighted by atomic mass is 10.00. The van der Waals surface area contributed by atoms with Gasteiger partial charge in [-0.2, -0.15) is 5.10 Å². The molecule has 1 aliphatic heterocycles. The Hall–Kier alpha value is -2.45. The highest BCUT2D eigenvalue weighted by molar-refractivity contribution is 7.89. The molecule has 2 aromatic heterocycles. The molecule has 1 aliphatic rings. The molecule has 4 rings (SSSR count). The summed E-state index contributed by atoms with van der Waals surface area (Å²) in [6.45, 7) is 1.76. The van der Waals surface area contributed by atoms with Gasteiger partial charge in [-0.05, 0) is 17.9 Å². The Morgan fingerprint density at radius 2 is 2.08 bits per heavy atom. The van der Waals surface area contributed by atoms with E-state index >= 15 is 0 Å². The highest BCUT2D eigenvalue weighted by Crippen LogP contribution is 2.19. The topological polar surface area (TPSA) is 81.8 Å². The van der Waals surface area contributed by atoms with Gasteiger partial charge < -0.3 is 4.57 Å². The standard InChI is InChI=1S/C18H21N5O2S/c24-26(25,21-10-16-6-7-18-19-8-9-22(18)12-16)17-11-20-23(14-17)13-15-4-2-1-3-5-15/h1-5,8-9,11,14,16,21H,6-7,10,12-13H2/t16-/m0/s1. The van der Waals surface area contributed by atoms with E-state index in [1.165, 1.54) is 6.20 Å². The van der Waals surface area contributed by atoms with Gasteiger partial charge in [0.25, 0.3) is 0 Å². The number of aryl methyl sites for hydroxylation is 1. The van der Waals surface area contributed by atoms with E-state index in [4.69, 9.17) is 0 Å². The summed E-state index contributed by atoms with van der Waals surface area (Å²) in [7, 11) is -3.55. The van der Waals surface area contributed by atoms with Gasteiger partial charge in [0.15, 0.2) is 0 Å². The van der Waals surface area contributed by atoms with Gasteiger partial charge in [0.1, 0.15) is 10.7 Å². The van der Waals surface area contributed by atoms with E-state index in [1.54, 1.807) is 17.1 Å². The third-order valence-corrected chi connectivity index (χ3v) is 6.08. The first-order chi connectivity index (χ1) is 12.6. The minimum atomic E-state index is -3.55. The zero-order valence-electron chi connectivity index (χ0n) is 14.3. The highest BCUT2D eigenvalue weighted by atomic mass is 32.2. The molecule has 26 heavy (non-hydrogen) atoms. The largest absolute Gasteiger partial charge is 0.335 e. The summed E-state index contributed by atoms with van der Waals surface area (Å²) in [5, 5.41) is 4.18. The van der Waals surface area contributed by atoms with Gasteiger partial charge >= 0.3 is 0 Å². The molecule has 0 bridgehead atoms. The Kier molecular flexibility index (Phi) is 4.60. The normalized spacial score (nSPS) is 17.2. The Balaban J connectivity index is 1.38. The van der Waals surface area contributed by atoms with Crippen LogP contribution in [0.4, 0.5) is 0 Å². The molecule has 0 saturated heterocycles. The fraction of sp³-hybridized carbons (Fsp3) is 0.333. The molecule has 3 aromatic rings. The molecule has 0 fully saturated rings. The molecule has 1 aromatic carbocycles. The molecule has 1 N–H and O–H groups in total. The first-order valence-electron chi connectivity index (χ1n) is 8.66. The van der Waals surface area contributed by atoms with Gasteiger partial charge in [0.2, 0.25) is 10.0 Å². The van der Waals surface area contributed by atoms with Crippen molar-refractivity contribution < 1.29 is 8.42 Å². The van der Waals surface area contributed by atoms with Gasteiger partial charge in [-0.1, -0.05) is 30.3 Å². The van der Waals surface area contributed by atoms with Crippen LogP contribution in [0, 0.1) is 5.92 Å². The van der Waals surface area contributed by atoms with E-state index in [0.29, 0.717) is 13.1 Å². The zero-order chi connectivity index (χ0) is 18.0. The van der Waals surface area contributed by atoms with Crippen molar-refractivity contribution in [3.63, 3.8) is 0 Å². The summed E-state index contributed by atoms with van der Waals surface area (Å²) in [6, 6.07) is 9.83. The van der Waals surface area contributed by atoms with Crippen molar-refractivity contribution in [2.24, 2.45) is 5.92 Å². The molecule has 3 heterocycles. The fourth-order valence-corrected chi connectivity index (χ4v) is 4.32. The van der Waals surface area contributed by atoms with Crippen LogP contribution in [0.3, 0.4) is 0 Å².